The van der Waals surface area contributed by atoms with Crippen molar-refractivity contribution >= 4 is 11.9 Å². The predicted octanol–water partition coefficient (Wildman–Crippen LogP) is 1.54. The van der Waals surface area contributed by atoms with Crippen LogP contribution in [0.5, 0.6) is 0 Å². The summed E-state index contributed by atoms with van der Waals surface area (Å²) in [6.07, 6.45) is -2.61. The quantitative estimate of drug-likeness (QED) is 0.759. The van der Waals surface area contributed by atoms with Crippen LogP contribution in [0.25, 0.3) is 0 Å². The molecule has 98 valence electrons. The Morgan fingerprint density at radius 1 is 1.18 bits per heavy atom. The van der Waals surface area contributed by atoms with Gasteiger partial charge in [0, 0.05) is 0 Å². The summed E-state index contributed by atoms with van der Waals surface area (Å²) >= 11 is 0. The first-order valence-electron chi connectivity index (χ1n) is 5.29. The summed E-state index contributed by atoms with van der Waals surface area (Å²) in [5, 5.41) is 1.78. The first-order valence-corrected chi connectivity index (χ1v) is 5.29. The molecule has 0 radical (unpaired) electrons. The number of carbonyl (C=O) groups is 2. The van der Waals surface area contributed by atoms with Crippen molar-refractivity contribution in [1.82, 2.24) is 5.32 Å². The highest BCUT2D eigenvalue weighted by molar-refractivity contribution is 5.90. The highest BCUT2D eigenvalue weighted by atomic mass is 19.4. The third kappa shape index (κ3) is 3.10. The van der Waals surface area contributed by atoms with E-state index in [1.165, 1.54) is 0 Å². The summed E-state index contributed by atoms with van der Waals surface area (Å²) in [7, 11) is 1.10. The standard InChI is InChI=1S/C10H14F3NO3/c1-17-8(16)9(5-3-2-4-6-9)14-7(15)10(11,12)13/h2-6H2,1H3,(H,14,15). The minimum absolute atomic E-state index is 0.182. The predicted molar refractivity (Wildman–Crippen MR) is 52.0 cm³/mol. The van der Waals surface area contributed by atoms with E-state index < -0.39 is 23.6 Å². The number of esters is 1. The molecule has 1 rings (SSSR count). The molecule has 1 aliphatic rings. The van der Waals surface area contributed by atoms with Crippen molar-refractivity contribution in [2.24, 2.45) is 0 Å². The number of ether oxygens (including phenoxy) is 1. The molecular weight excluding hydrogens is 239 g/mol. The van der Waals surface area contributed by atoms with Crippen LogP contribution in [0.4, 0.5) is 13.2 Å². The van der Waals surface area contributed by atoms with Gasteiger partial charge in [0.2, 0.25) is 0 Å². The Hall–Kier alpha value is -1.27. The topological polar surface area (TPSA) is 55.4 Å². The van der Waals surface area contributed by atoms with E-state index in [2.05, 4.69) is 4.74 Å². The summed E-state index contributed by atoms with van der Waals surface area (Å²) in [5.41, 5.74) is -1.51. The molecule has 1 fully saturated rings. The molecule has 17 heavy (non-hydrogen) atoms. The molecule has 1 aliphatic carbocycles. The molecule has 0 aromatic heterocycles. The molecule has 0 heterocycles. The summed E-state index contributed by atoms with van der Waals surface area (Å²) in [5.74, 6) is -2.90. The number of hydrogen-bond donors (Lipinski definition) is 1. The molecule has 0 bridgehead atoms. The molecule has 1 N–H and O–H groups in total. The van der Waals surface area contributed by atoms with Gasteiger partial charge < -0.3 is 10.1 Å². The van der Waals surface area contributed by atoms with E-state index in [0.717, 1.165) is 13.5 Å². The molecule has 0 aromatic rings. The van der Waals surface area contributed by atoms with Gasteiger partial charge in [0.1, 0.15) is 5.54 Å². The Morgan fingerprint density at radius 3 is 2.12 bits per heavy atom. The molecule has 1 saturated carbocycles. The van der Waals surface area contributed by atoms with Crippen LogP contribution in [0.3, 0.4) is 0 Å². The second-order valence-electron chi connectivity index (χ2n) is 4.09. The minimum Gasteiger partial charge on any atom is -0.467 e. The van der Waals surface area contributed by atoms with E-state index in [9.17, 15) is 22.8 Å². The van der Waals surface area contributed by atoms with Crippen LogP contribution in [-0.4, -0.2) is 30.7 Å². The lowest BCUT2D eigenvalue weighted by molar-refractivity contribution is -0.178. The molecule has 7 heteroatoms. The maximum Gasteiger partial charge on any atom is 0.471 e. The van der Waals surface area contributed by atoms with E-state index >= 15 is 0 Å². The van der Waals surface area contributed by atoms with Crippen LogP contribution in [0.2, 0.25) is 0 Å². The monoisotopic (exact) mass is 253 g/mol. The number of alkyl halides is 3. The van der Waals surface area contributed by atoms with Crippen molar-refractivity contribution in [2.75, 3.05) is 7.11 Å². The summed E-state index contributed by atoms with van der Waals surface area (Å²) in [6, 6.07) is 0. The second-order valence-corrected chi connectivity index (χ2v) is 4.09. The Labute approximate surface area is 96.5 Å². The fraction of sp³-hybridized carbons (Fsp3) is 0.800. The summed E-state index contributed by atoms with van der Waals surface area (Å²) < 4.78 is 41.0. The highest BCUT2D eigenvalue weighted by Gasteiger charge is 2.48. The Morgan fingerprint density at radius 2 is 1.71 bits per heavy atom. The van der Waals surface area contributed by atoms with Crippen LogP contribution >= 0.6 is 0 Å². The molecule has 1 amide bonds. The molecule has 0 spiro atoms. The number of amides is 1. The van der Waals surface area contributed by atoms with E-state index in [1.54, 1.807) is 5.32 Å². The minimum atomic E-state index is -4.99. The van der Waals surface area contributed by atoms with Crippen LogP contribution in [0.1, 0.15) is 32.1 Å². The maximum atomic E-state index is 12.2. The number of methoxy groups -OCH3 is 1. The Kier molecular flexibility index (Phi) is 4.00. The first-order chi connectivity index (χ1) is 7.82. The van der Waals surface area contributed by atoms with Gasteiger partial charge in [-0.1, -0.05) is 19.3 Å². The first kappa shape index (κ1) is 13.8. The zero-order chi connectivity index (χ0) is 13.1. The Balaban J connectivity index is 2.84. The van der Waals surface area contributed by atoms with Crippen LogP contribution < -0.4 is 5.32 Å². The van der Waals surface area contributed by atoms with Gasteiger partial charge >= 0.3 is 18.1 Å². The van der Waals surface area contributed by atoms with Gasteiger partial charge in [0.25, 0.3) is 0 Å². The fourth-order valence-electron chi connectivity index (χ4n) is 2.02. The number of halogens is 3. The van der Waals surface area contributed by atoms with Gasteiger partial charge in [-0.25, -0.2) is 4.79 Å². The van der Waals surface area contributed by atoms with Gasteiger partial charge in [-0.2, -0.15) is 13.2 Å². The van der Waals surface area contributed by atoms with Crippen molar-refractivity contribution in [3.8, 4) is 0 Å². The average molecular weight is 253 g/mol. The second kappa shape index (κ2) is 4.93. The van der Waals surface area contributed by atoms with Gasteiger partial charge in [0.15, 0.2) is 0 Å². The van der Waals surface area contributed by atoms with Gasteiger partial charge in [-0.3, -0.25) is 4.79 Å². The molecular formula is C10H14F3NO3. The summed E-state index contributed by atoms with van der Waals surface area (Å²) in [6.45, 7) is 0. The third-order valence-corrected chi connectivity index (χ3v) is 2.89. The van der Waals surface area contributed by atoms with Crippen LogP contribution in [0.15, 0.2) is 0 Å². The van der Waals surface area contributed by atoms with E-state index in [0.29, 0.717) is 12.8 Å². The molecule has 0 saturated heterocycles. The highest BCUT2D eigenvalue weighted by Crippen LogP contribution is 2.30. The van der Waals surface area contributed by atoms with E-state index in [1.807, 2.05) is 0 Å². The molecule has 4 nitrogen and oxygen atoms in total. The van der Waals surface area contributed by atoms with Crippen molar-refractivity contribution in [1.29, 1.82) is 0 Å². The lowest BCUT2D eigenvalue weighted by Gasteiger charge is -2.35. The number of rotatable bonds is 2. The van der Waals surface area contributed by atoms with Crippen LogP contribution in [0, 0.1) is 0 Å². The molecule has 0 aromatic carbocycles. The smallest absolute Gasteiger partial charge is 0.467 e. The number of carbonyl (C=O) groups excluding carboxylic acids is 2. The molecule has 0 atom stereocenters. The van der Waals surface area contributed by atoms with Gasteiger partial charge in [-0.05, 0) is 12.8 Å². The van der Waals surface area contributed by atoms with Crippen molar-refractivity contribution in [3.63, 3.8) is 0 Å². The van der Waals surface area contributed by atoms with Crippen molar-refractivity contribution in [3.05, 3.63) is 0 Å². The SMILES string of the molecule is COC(=O)C1(NC(=O)C(F)(F)F)CCCCC1. The summed E-state index contributed by atoms with van der Waals surface area (Å²) in [4.78, 5) is 22.5. The van der Waals surface area contributed by atoms with Gasteiger partial charge in [0.05, 0.1) is 7.11 Å². The van der Waals surface area contributed by atoms with Crippen LogP contribution in [-0.2, 0) is 14.3 Å². The van der Waals surface area contributed by atoms with Gasteiger partial charge in [-0.15, -0.1) is 0 Å². The lowest BCUT2D eigenvalue weighted by Crippen LogP contribution is -2.58. The zero-order valence-corrected chi connectivity index (χ0v) is 9.39. The molecule has 0 unspecified atom stereocenters. The number of nitrogens with one attached hydrogen (secondary N) is 1. The van der Waals surface area contributed by atoms with E-state index in [-0.39, 0.29) is 12.8 Å². The van der Waals surface area contributed by atoms with E-state index in [4.69, 9.17) is 0 Å². The average Bonchev–Trinajstić information content (AvgIpc) is 2.27. The molecule has 0 aliphatic heterocycles. The zero-order valence-electron chi connectivity index (χ0n) is 9.39. The lowest BCUT2D eigenvalue weighted by atomic mass is 9.81. The number of hydrogen-bond acceptors (Lipinski definition) is 3. The third-order valence-electron chi connectivity index (χ3n) is 2.89. The fourth-order valence-corrected chi connectivity index (χ4v) is 2.02. The van der Waals surface area contributed by atoms with Crippen molar-refractivity contribution < 1.29 is 27.5 Å². The Bertz CT molecular complexity index is 308. The maximum absolute atomic E-state index is 12.2. The largest absolute Gasteiger partial charge is 0.471 e. The van der Waals surface area contributed by atoms with Crippen molar-refractivity contribution in [2.45, 2.75) is 43.8 Å². The normalized spacial score (nSPS) is 19.5.